The van der Waals surface area contributed by atoms with Gasteiger partial charge in [-0.1, -0.05) is 6.07 Å². The number of carbonyl (C=O) groups excluding carboxylic acids is 3. The molecule has 1 aliphatic rings. The van der Waals surface area contributed by atoms with Crippen LogP contribution in [0, 0.1) is 11.6 Å². The van der Waals surface area contributed by atoms with Crippen molar-refractivity contribution in [1.82, 2.24) is 5.32 Å². The molecule has 1 heterocycles. The van der Waals surface area contributed by atoms with E-state index in [2.05, 4.69) is 5.32 Å². The van der Waals surface area contributed by atoms with Gasteiger partial charge in [-0.2, -0.15) is 0 Å². The highest BCUT2D eigenvalue weighted by Gasteiger charge is 2.31. The van der Waals surface area contributed by atoms with Crippen molar-refractivity contribution in [3.63, 3.8) is 0 Å². The summed E-state index contributed by atoms with van der Waals surface area (Å²) in [6, 6.07) is 2.34. The van der Waals surface area contributed by atoms with Crippen LogP contribution >= 0.6 is 0 Å². The van der Waals surface area contributed by atoms with Gasteiger partial charge < -0.3 is 15.4 Å². The van der Waals surface area contributed by atoms with Crippen molar-refractivity contribution in [2.75, 3.05) is 5.32 Å². The second kappa shape index (κ2) is 6.50. The smallest absolute Gasteiger partial charge is 0.329 e. The average Bonchev–Trinajstić information content (AvgIpc) is 2.89. The fraction of sp³-hybridized carbons (Fsp3) is 0.357. The van der Waals surface area contributed by atoms with Gasteiger partial charge >= 0.3 is 5.97 Å². The van der Waals surface area contributed by atoms with E-state index >= 15 is 0 Å². The Hall–Kier alpha value is -2.51. The van der Waals surface area contributed by atoms with Gasteiger partial charge in [0.15, 0.2) is 6.10 Å². The standard InChI is InChI=1S/C14H14F2N2O4/c1-7(22-14(21)10-5-6-11(19)17-10)13(20)18-12-8(15)3-2-4-9(12)16/h2-4,7,10H,5-6H2,1H3,(H,17,19)(H,18,20)/t7-,10-/m0/s1. The maximum absolute atomic E-state index is 13.4. The number of hydrogen-bond acceptors (Lipinski definition) is 4. The third kappa shape index (κ3) is 3.57. The van der Waals surface area contributed by atoms with Crippen molar-refractivity contribution < 1.29 is 27.9 Å². The molecule has 2 rings (SSSR count). The molecule has 118 valence electrons. The predicted molar refractivity (Wildman–Crippen MR) is 71.7 cm³/mol. The highest BCUT2D eigenvalue weighted by atomic mass is 19.1. The molecule has 2 atom stereocenters. The van der Waals surface area contributed by atoms with Crippen LogP contribution in [0.4, 0.5) is 14.5 Å². The third-order valence-electron chi connectivity index (χ3n) is 3.15. The summed E-state index contributed by atoms with van der Waals surface area (Å²) in [7, 11) is 0. The summed E-state index contributed by atoms with van der Waals surface area (Å²) in [4.78, 5) is 34.6. The summed E-state index contributed by atoms with van der Waals surface area (Å²) in [5.41, 5.74) is -0.607. The van der Waals surface area contributed by atoms with Crippen molar-refractivity contribution in [1.29, 1.82) is 0 Å². The van der Waals surface area contributed by atoms with E-state index in [1.54, 1.807) is 0 Å². The van der Waals surface area contributed by atoms with Crippen LogP contribution in [0.5, 0.6) is 0 Å². The number of hydrogen-bond donors (Lipinski definition) is 2. The van der Waals surface area contributed by atoms with Gasteiger partial charge in [0, 0.05) is 6.42 Å². The van der Waals surface area contributed by atoms with Gasteiger partial charge in [0.05, 0.1) is 0 Å². The summed E-state index contributed by atoms with van der Waals surface area (Å²) < 4.78 is 31.7. The summed E-state index contributed by atoms with van der Waals surface area (Å²) in [6.45, 7) is 1.27. The highest BCUT2D eigenvalue weighted by molar-refractivity contribution is 5.96. The number of carbonyl (C=O) groups is 3. The van der Waals surface area contributed by atoms with E-state index in [-0.39, 0.29) is 18.7 Å². The lowest BCUT2D eigenvalue weighted by Gasteiger charge is -2.16. The zero-order valence-electron chi connectivity index (χ0n) is 11.7. The molecule has 1 aromatic carbocycles. The Morgan fingerprint density at radius 1 is 1.36 bits per heavy atom. The molecular weight excluding hydrogens is 298 g/mol. The number of rotatable bonds is 4. The van der Waals surface area contributed by atoms with Crippen molar-refractivity contribution >= 4 is 23.5 Å². The lowest BCUT2D eigenvalue weighted by molar-refractivity contribution is -0.155. The van der Waals surface area contributed by atoms with E-state index in [0.717, 1.165) is 18.2 Å². The first-order chi connectivity index (χ1) is 10.4. The molecule has 2 N–H and O–H groups in total. The second-order valence-electron chi connectivity index (χ2n) is 4.82. The second-order valence-corrected chi connectivity index (χ2v) is 4.82. The Bertz CT molecular complexity index is 601. The van der Waals surface area contributed by atoms with Gasteiger partial charge in [-0.15, -0.1) is 0 Å². The summed E-state index contributed by atoms with van der Waals surface area (Å²) in [5, 5.41) is 4.43. The number of anilines is 1. The molecule has 6 nitrogen and oxygen atoms in total. The van der Waals surface area contributed by atoms with E-state index in [1.165, 1.54) is 6.92 Å². The fourth-order valence-corrected chi connectivity index (χ4v) is 1.94. The fourth-order valence-electron chi connectivity index (χ4n) is 1.94. The molecule has 0 unspecified atom stereocenters. The molecular formula is C14H14F2N2O4. The van der Waals surface area contributed by atoms with Gasteiger partial charge in [0.25, 0.3) is 5.91 Å². The number of para-hydroxylation sites is 1. The monoisotopic (exact) mass is 312 g/mol. The lowest BCUT2D eigenvalue weighted by Crippen LogP contribution is -2.39. The SMILES string of the molecule is C[C@H](OC(=O)[C@@H]1CCC(=O)N1)C(=O)Nc1c(F)cccc1F. The molecule has 1 saturated heterocycles. The predicted octanol–water partition coefficient (Wildman–Crippen LogP) is 1.11. The van der Waals surface area contributed by atoms with Crippen molar-refractivity contribution in [3.8, 4) is 0 Å². The summed E-state index contributed by atoms with van der Waals surface area (Å²) in [6.07, 6.45) is -0.765. The van der Waals surface area contributed by atoms with Gasteiger partial charge in [-0.3, -0.25) is 9.59 Å². The number of esters is 1. The largest absolute Gasteiger partial charge is 0.451 e. The molecule has 8 heteroatoms. The number of ether oxygens (including phenoxy) is 1. The zero-order chi connectivity index (χ0) is 16.3. The molecule has 0 bridgehead atoms. The van der Waals surface area contributed by atoms with Crippen LogP contribution in [-0.4, -0.2) is 29.9 Å². The molecule has 0 radical (unpaired) electrons. The molecule has 1 fully saturated rings. The van der Waals surface area contributed by atoms with Gasteiger partial charge in [-0.25, -0.2) is 13.6 Å². The molecule has 22 heavy (non-hydrogen) atoms. The van der Waals surface area contributed by atoms with E-state index in [0.29, 0.717) is 0 Å². The van der Waals surface area contributed by atoms with Crippen LogP contribution < -0.4 is 10.6 Å². The highest BCUT2D eigenvalue weighted by Crippen LogP contribution is 2.18. The molecule has 0 aliphatic carbocycles. The van der Waals surface area contributed by atoms with Crippen LogP contribution in [-0.2, 0) is 19.1 Å². The molecule has 2 amide bonds. The molecule has 0 aromatic heterocycles. The maximum Gasteiger partial charge on any atom is 0.329 e. The minimum atomic E-state index is -1.26. The molecule has 0 saturated carbocycles. The first-order valence-electron chi connectivity index (χ1n) is 6.63. The zero-order valence-corrected chi connectivity index (χ0v) is 11.7. The minimum absolute atomic E-state index is 0.209. The number of halogens is 2. The van der Waals surface area contributed by atoms with Crippen molar-refractivity contribution in [2.45, 2.75) is 31.9 Å². The first-order valence-corrected chi connectivity index (χ1v) is 6.63. The lowest BCUT2D eigenvalue weighted by atomic mass is 10.2. The summed E-state index contributed by atoms with van der Waals surface area (Å²) >= 11 is 0. The van der Waals surface area contributed by atoms with Gasteiger partial charge in [0.2, 0.25) is 5.91 Å². The number of amides is 2. The Balaban J connectivity index is 1.95. The Morgan fingerprint density at radius 2 is 2.00 bits per heavy atom. The topological polar surface area (TPSA) is 84.5 Å². The van der Waals surface area contributed by atoms with Crippen LogP contribution in [0.25, 0.3) is 0 Å². The van der Waals surface area contributed by atoms with Gasteiger partial charge in [-0.05, 0) is 25.5 Å². The van der Waals surface area contributed by atoms with E-state index in [4.69, 9.17) is 4.74 Å². The minimum Gasteiger partial charge on any atom is -0.451 e. The maximum atomic E-state index is 13.4. The molecule has 1 aliphatic heterocycles. The van der Waals surface area contributed by atoms with Crippen molar-refractivity contribution in [2.24, 2.45) is 0 Å². The van der Waals surface area contributed by atoms with E-state index in [9.17, 15) is 23.2 Å². The van der Waals surface area contributed by atoms with Crippen molar-refractivity contribution in [3.05, 3.63) is 29.8 Å². The normalized spacial score (nSPS) is 18.5. The van der Waals surface area contributed by atoms with Crippen LogP contribution in [0.15, 0.2) is 18.2 Å². The Morgan fingerprint density at radius 3 is 2.55 bits per heavy atom. The first kappa shape index (κ1) is 15.9. The van der Waals surface area contributed by atoms with Gasteiger partial charge in [0.1, 0.15) is 23.4 Å². The Labute approximate surface area is 124 Å². The third-order valence-corrected chi connectivity index (χ3v) is 3.15. The summed E-state index contributed by atoms with van der Waals surface area (Å²) in [5.74, 6) is -3.78. The van der Waals surface area contributed by atoms with Crippen LogP contribution in [0.1, 0.15) is 19.8 Å². The van der Waals surface area contributed by atoms with Crippen LogP contribution in [0.3, 0.4) is 0 Å². The number of benzene rings is 1. The number of nitrogens with one attached hydrogen (secondary N) is 2. The van der Waals surface area contributed by atoms with E-state index < -0.39 is 41.3 Å². The molecule has 0 spiro atoms. The average molecular weight is 312 g/mol. The molecule has 1 aromatic rings. The van der Waals surface area contributed by atoms with Crippen LogP contribution in [0.2, 0.25) is 0 Å². The Kier molecular flexibility index (Phi) is 4.69. The van der Waals surface area contributed by atoms with E-state index in [1.807, 2.05) is 5.32 Å². The quantitative estimate of drug-likeness (QED) is 0.816.